The average molecular weight is 427 g/mol. The Balaban J connectivity index is 1.81. The zero-order chi connectivity index (χ0) is 21.3. The highest BCUT2D eigenvalue weighted by Crippen LogP contribution is 2.38. The summed E-state index contributed by atoms with van der Waals surface area (Å²) < 4.78 is 5.55. The highest BCUT2D eigenvalue weighted by molar-refractivity contribution is 6.36. The van der Waals surface area contributed by atoms with E-state index in [2.05, 4.69) is 39.1 Å². The number of aliphatic imine (C=N–C) groups is 2. The average Bonchev–Trinajstić information content (AvgIpc) is 3.21. The number of nitrogens with one attached hydrogen (secondary N) is 1. The van der Waals surface area contributed by atoms with E-state index >= 15 is 0 Å². The molecule has 0 fully saturated rings. The van der Waals surface area contributed by atoms with Crippen molar-refractivity contribution in [3.63, 3.8) is 0 Å². The van der Waals surface area contributed by atoms with Crippen LogP contribution in [0.4, 0.5) is 5.69 Å². The predicted octanol–water partition coefficient (Wildman–Crippen LogP) is 3.41. The standard InChI is InChI=1S/C23H27ClN4O2/c1-25-20-16-28(15-19(20)23(30-2)27-12-11-26-13-14-29)21-10-6-9-18(22(21)24)17-7-4-3-5-8-17/h3-10,26,29H,1,11-16H2,2H3. The van der Waals surface area contributed by atoms with E-state index < -0.39 is 0 Å². The fourth-order valence-corrected chi connectivity index (χ4v) is 3.80. The first-order valence-corrected chi connectivity index (χ1v) is 10.3. The summed E-state index contributed by atoms with van der Waals surface area (Å²) in [5, 5.41) is 12.7. The van der Waals surface area contributed by atoms with Crippen LogP contribution in [0.5, 0.6) is 0 Å². The number of aliphatic hydroxyl groups is 1. The van der Waals surface area contributed by atoms with Gasteiger partial charge in [-0.25, -0.2) is 0 Å². The van der Waals surface area contributed by atoms with Crippen LogP contribution in [0.3, 0.4) is 0 Å². The van der Waals surface area contributed by atoms with Crippen molar-refractivity contribution in [2.45, 2.75) is 0 Å². The number of rotatable bonds is 9. The van der Waals surface area contributed by atoms with E-state index in [-0.39, 0.29) is 6.61 Å². The monoisotopic (exact) mass is 426 g/mol. The maximum absolute atomic E-state index is 8.85. The van der Waals surface area contributed by atoms with E-state index in [9.17, 15) is 0 Å². The van der Waals surface area contributed by atoms with Gasteiger partial charge >= 0.3 is 0 Å². The normalized spacial score (nSPS) is 14.4. The van der Waals surface area contributed by atoms with Gasteiger partial charge in [0.25, 0.3) is 0 Å². The number of nitrogens with zero attached hydrogens (tertiary/aromatic N) is 3. The molecule has 0 bridgehead atoms. The Morgan fingerprint density at radius 2 is 1.97 bits per heavy atom. The lowest BCUT2D eigenvalue weighted by molar-refractivity contribution is 0.293. The quantitative estimate of drug-likeness (QED) is 0.366. The summed E-state index contributed by atoms with van der Waals surface area (Å²) >= 11 is 6.81. The Morgan fingerprint density at radius 3 is 2.67 bits per heavy atom. The van der Waals surface area contributed by atoms with E-state index in [0.717, 1.165) is 28.1 Å². The third-order valence-electron chi connectivity index (χ3n) is 4.92. The van der Waals surface area contributed by atoms with E-state index in [1.54, 1.807) is 7.11 Å². The number of hydrogen-bond acceptors (Lipinski definition) is 6. The molecule has 3 rings (SSSR count). The molecule has 0 atom stereocenters. The van der Waals surface area contributed by atoms with Gasteiger partial charge in [0.05, 0.1) is 55.3 Å². The predicted molar refractivity (Wildman–Crippen MR) is 125 cm³/mol. The zero-order valence-corrected chi connectivity index (χ0v) is 17.9. The Hall–Kier alpha value is -2.67. The number of benzene rings is 2. The summed E-state index contributed by atoms with van der Waals surface area (Å²) in [5.74, 6) is 0.557. The lowest BCUT2D eigenvalue weighted by Crippen LogP contribution is -2.24. The van der Waals surface area contributed by atoms with Crippen LogP contribution in [0.25, 0.3) is 11.1 Å². The summed E-state index contributed by atoms with van der Waals surface area (Å²) in [7, 11) is 1.61. The van der Waals surface area contributed by atoms with Gasteiger partial charge in [-0.2, -0.15) is 0 Å². The maximum atomic E-state index is 8.85. The molecule has 0 saturated carbocycles. The van der Waals surface area contributed by atoms with Crippen LogP contribution in [0, 0.1) is 0 Å². The summed E-state index contributed by atoms with van der Waals surface area (Å²) in [6.07, 6.45) is 0. The first-order chi connectivity index (χ1) is 14.7. The number of ether oxygens (including phenoxy) is 1. The van der Waals surface area contributed by atoms with Crippen LogP contribution in [-0.2, 0) is 4.74 Å². The number of aliphatic hydroxyl groups excluding tert-OH is 1. The van der Waals surface area contributed by atoms with Crippen molar-refractivity contribution in [1.29, 1.82) is 0 Å². The molecular weight excluding hydrogens is 400 g/mol. The molecule has 0 aliphatic carbocycles. The molecule has 2 aromatic rings. The first-order valence-electron chi connectivity index (χ1n) is 9.87. The summed E-state index contributed by atoms with van der Waals surface area (Å²) in [6, 6.07) is 16.2. The van der Waals surface area contributed by atoms with E-state index in [1.165, 1.54) is 0 Å². The Labute approximate surface area is 182 Å². The van der Waals surface area contributed by atoms with Crippen LogP contribution in [0.15, 0.2) is 69.8 Å². The minimum atomic E-state index is 0.105. The Bertz CT molecular complexity index is 928. The highest BCUT2D eigenvalue weighted by atomic mass is 35.5. The van der Waals surface area contributed by atoms with Crippen molar-refractivity contribution in [2.24, 2.45) is 9.98 Å². The van der Waals surface area contributed by atoms with Crippen molar-refractivity contribution < 1.29 is 9.84 Å². The molecule has 2 N–H and O–H groups in total. The van der Waals surface area contributed by atoms with Crippen molar-refractivity contribution >= 4 is 29.9 Å². The van der Waals surface area contributed by atoms with Gasteiger partial charge in [-0.15, -0.1) is 0 Å². The molecule has 0 radical (unpaired) electrons. The van der Waals surface area contributed by atoms with Crippen molar-refractivity contribution in [2.75, 3.05) is 51.3 Å². The molecule has 1 aliphatic heterocycles. The lowest BCUT2D eigenvalue weighted by atomic mass is 10.0. The van der Waals surface area contributed by atoms with Crippen molar-refractivity contribution in [3.8, 4) is 11.1 Å². The van der Waals surface area contributed by atoms with Gasteiger partial charge in [-0.05, 0) is 18.3 Å². The van der Waals surface area contributed by atoms with E-state index in [0.29, 0.717) is 43.6 Å². The molecule has 0 spiro atoms. The summed E-state index contributed by atoms with van der Waals surface area (Å²) in [5.41, 5.74) is 4.76. The smallest absolute Gasteiger partial charge is 0.215 e. The molecule has 0 amide bonds. The Morgan fingerprint density at radius 1 is 1.17 bits per heavy atom. The third-order valence-corrected chi connectivity index (χ3v) is 5.31. The maximum Gasteiger partial charge on any atom is 0.215 e. The molecule has 1 heterocycles. The van der Waals surface area contributed by atoms with Crippen molar-refractivity contribution in [1.82, 2.24) is 5.32 Å². The minimum absolute atomic E-state index is 0.105. The molecule has 30 heavy (non-hydrogen) atoms. The van der Waals surface area contributed by atoms with Crippen LogP contribution >= 0.6 is 11.6 Å². The Kier molecular flexibility index (Phi) is 8.02. The van der Waals surface area contributed by atoms with E-state index in [1.807, 2.05) is 36.4 Å². The molecule has 0 aromatic heterocycles. The fraction of sp³-hybridized carbons (Fsp3) is 0.304. The zero-order valence-electron chi connectivity index (χ0n) is 17.1. The number of methoxy groups -OCH3 is 1. The third kappa shape index (κ3) is 5.08. The molecule has 158 valence electrons. The fourth-order valence-electron chi connectivity index (χ4n) is 3.45. The molecule has 7 heteroatoms. The number of anilines is 1. The van der Waals surface area contributed by atoms with Gasteiger partial charge < -0.3 is 20.1 Å². The molecule has 2 aromatic carbocycles. The summed E-state index contributed by atoms with van der Waals surface area (Å²) in [6.45, 7) is 6.75. The van der Waals surface area contributed by atoms with E-state index in [4.69, 9.17) is 21.4 Å². The van der Waals surface area contributed by atoms with Gasteiger partial charge in [-0.3, -0.25) is 9.98 Å². The van der Waals surface area contributed by atoms with Crippen LogP contribution < -0.4 is 10.2 Å². The first kappa shape index (κ1) is 22.0. The van der Waals surface area contributed by atoms with Gasteiger partial charge in [0.2, 0.25) is 5.90 Å². The minimum Gasteiger partial charge on any atom is -0.481 e. The number of halogens is 1. The SMILES string of the molecule is C=NC1=C(C(=NCCNCCO)OC)CN(c2cccc(-c3ccccc3)c2Cl)C1. The highest BCUT2D eigenvalue weighted by Gasteiger charge is 2.27. The molecule has 6 nitrogen and oxygen atoms in total. The van der Waals surface area contributed by atoms with Gasteiger partial charge in [0.1, 0.15) is 0 Å². The largest absolute Gasteiger partial charge is 0.481 e. The summed E-state index contributed by atoms with van der Waals surface area (Å²) in [4.78, 5) is 10.9. The van der Waals surface area contributed by atoms with Crippen LogP contribution in [-0.4, -0.2) is 64.2 Å². The molecule has 0 saturated heterocycles. The topological polar surface area (TPSA) is 69.5 Å². The van der Waals surface area contributed by atoms with Gasteiger partial charge in [0.15, 0.2) is 0 Å². The lowest BCUT2D eigenvalue weighted by Gasteiger charge is -2.21. The molecule has 0 unspecified atom stereocenters. The van der Waals surface area contributed by atoms with Crippen LogP contribution in [0.1, 0.15) is 0 Å². The second kappa shape index (κ2) is 10.9. The second-order valence-corrected chi connectivity index (χ2v) is 7.19. The second-order valence-electron chi connectivity index (χ2n) is 6.81. The van der Waals surface area contributed by atoms with Gasteiger partial charge in [-0.1, -0.05) is 54.1 Å². The van der Waals surface area contributed by atoms with Gasteiger partial charge in [0, 0.05) is 18.7 Å². The van der Waals surface area contributed by atoms with Crippen LogP contribution in [0.2, 0.25) is 5.02 Å². The number of hydrogen-bond donors (Lipinski definition) is 2. The van der Waals surface area contributed by atoms with Crippen molar-refractivity contribution in [3.05, 3.63) is 64.8 Å². The molecular formula is C23H27ClN4O2. The molecule has 1 aliphatic rings.